The van der Waals surface area contributed by atoms with E-state index in [0.29, 0.717) is 6.04 Å². The van der Waals surface area contributed by atoms with Gasteiger partial charge in [-0.1, -0.05) is 53.9 Å². The van der Waals surface area contributed by atoms with Gasteiger partial charge in [-0.15, -0.1) is 0 Å². The molecule has 1 atom stereocenters. The lowest BCUT2D eigenvalue weighted by molar-refractivity contribution is 0.209. The van der Waals surface area contributed by atoms with E-state index in [1.807, 2.05) is 6.07 Å². The maximum atomic E-state index is 6.34. The monoisotopic (exact) mass is 340 g/mol. The van der Waals surface area contributed by atoms with Crippen molar-refractivity contribution < 1.29 is 0 Å². The van der Waals surface area contributed by atoms with Crippen LogP contribution in [0.5, 0.6) is 0 Å². The molecule has 3 heteroatoms. The Bertz CT molecular complexity index is 379. The molecule has 0 saturated heterocycles. The topological polar surface area (TPSA) is 29.3 Å². The summed E-state index contributed by atoms with van der Waals surface area (Å²) in [6.45, 7) is 9.06. The molecule has 0 aliphatic carbocycles. The van der Waals surface area contributed by atoms with Crippen LogP contribution in [0.1, 0.15) is 58.1 Å². The van der Waals surface area contributed by atoms with Gasteiger partial charge in [0.25, 0.3) is 0 Å². The smallest absolute Gasteiger partial charge is 0.0318 e. The van der Waals surface area contributed by atoms with Gasteiger partial charge in [-0.25, -0.2) is 0 Å². The highest BCUT2D eigenvalue weighted by molar-refractivity contribution is 9.10. The van der Waals surface area contributed by atoms with E-state index in [0.717, 1.165) is 17.4 Å². The summed E-state index contributed by atoms with van der Waals surface area (Å²) in [4.78, 5) is 2.55. The zero-order valence-electron chi connectivity index (χ0n) is 13.1. The second-order valence-electron chi connectivity index (χ2n) is 5.75. The van der Waals surface area contributed by atoms with Crippen LogP contribution in [0.2, 0.25) is 0 Å². The Labute approximate surface area is 132 Å². The van der Waals surface area contributed by atoms with E-state index >= 15 is 0 Å². The number of halogens is 1. The molecule has 1 aromatic carbocycles. The Morgan fingerprint density at radius 3 is 2.45 bits per heavy atom. The van der Waals surface area contributed by atoms with Gasteiger partial charge < -0.3 is 10.6 Å². The lowest BCUT2D eigenvalue weighted by Gasteiger charge is -2.28. The Balaban J connectivity index is 2.48. The fourth-order valence-corrected chi connectivity index (χ4v) is 3.01. The van der Waals surface area contributed by atoms with Crippen molar-refractivity contribution in [2.24, 2.45) is 5.73 Å². The highest BCUT2D eigenvalue weighted by Gasteiger charge is 2.13. The van der Waals surface area contributed by atoms with Crippen molar-refractivity contribution in [1.29, 1.82) is 0 Å². The van der Waals surface area contributed by atoms with Gasteiger partial charge in [0.1, 0.15) is 0 Å². The number of hydrogen-bond donors (Lipinski definition) is 1. The van der Waals surface area contributed by atoms with Gasteiger partial charge >= 0.3 is 0 Å². The standard InChI is InChI=1S/C17H29BrN2/c1-4-5-8-12-20(14(2)3)13-11-17(19)15-9-6-7-10-16(15)18/h6-7,9-10,14,17H,4-5,8,11-13,19H2,1-3H3. The quantitative estimate of drug-likeness (QED) is 0.658. The third-order valence-electron chi connectivity index (χ3n) is 3.81. The summed E-state index contributed by atoms with van der Waals surface area (Å²) in [6, 6.07) is 8.98. The van der Waals surface area contributed by atoms with Crippen LogP contribution in [-0.4, -0.2) is 24.0 Å². The number of rotatable bonds is 9. The Morgan fingerprint density at radius 1 is 1.15 bits per heavy atom. The molecule has 0 spiro atoms. The molecule has 0 aliphatic rings. The van der Waals surface area contributed by atoms with E-state index in [2.05, 4.69) is 59.8 Å². The van der Waals surface area contributed by atoms with E-state index in [-0.39, 0.29) is 6.04 Å². The normalized spacial score (nSPS) is 13.2. The van der Waals surface area contributed by atoms with Crippen LogP contribution in [0, 0.1) is 0 Å². The first-order valence-corrected chi connectivity index (χ1v) is 8.59. The fourth-order valence-electron chi connectivity index (χ4n) is 2.43. The van der Waals surface area contributed by atoms with E-state index in [4.69, 9.17) is 5.73 Å². The van der Waals surface area contributed by atoms with Crippen LogP contribution in [-0.2, 0) is 0 Å². The molecule has 1 unspecified atom stereocenters. The van der Waals surface area contributed by atoms with Crippen molar-refractivity contribution in [3.8, 4) is 0 Å². The third kappa shape index (κ3) is 5.94. The predicted octanol–water partition coefficient (Wildman–Crippen LogP) is 4.74. The SMILES string of the molecule is CCCCCN(CCC(N)c1ccccc1Br)C(C)C. The highest BCUT2D eigenvalue weighted by Crippen LogP contribution is 2.24. The lowest BCUT2D eigenvalue weighted by atomic mass is 10.0. The minimum absolute atomic E-state index is 0.109. The van der Waals surface area contributed by atoms with E-state index in [1.54, 1.807) is 0 Å². The Kier molecular flexibility index (Phi) is 8.43. The van der Waals surface area contributed by atoms with Crippen LogP contribution >= 0.6 is 15.9 Å². The van der Waals surface area contributed by atoms with Crippen molar-refractivity contribution in [3.05, 3.63) is 34.3 Å². The molecule has 0 aliphatic heterocycles. The van der Waals surface area contributed by atoms with Gasteiger partial charge in [-0.05, 0) is 44.9 Å². The Hall–Kier alpha value is -0.380. The average molecular weight is 341 g/mol. The van der Waals surface area contributed by atoms with Crippen LogP contribution in [0.25, 0.3) is 0 Å². The van der Waals surface area contributed by atoms with Gasteiger partial charge in [-0.3, -0.25) is 0 Å². The molecule has 114 valence electrons. The largest absolute Gasteiger partial charge is 0.324 e. The van der Waals surface area contributed by atoms with Crippen LogP contribution in [0.4, 0.5) is 0 Å². The summed E-state index contributed by atoms with van der Waals surface area (Å²) >= 11 is 3.59. The van der Waals surface area contributed by atoms with Crippen molar-refractivity contribution >= 4 is 15.9 Å². The number of hydrogen-bond acceptors (Lipinski definition) is 2. The summed E-state index contributed by atoms with van der Waals surface area (Å²) in [5.74, 6) is 0. The van der Waals surface area contributed by atoms with Crippen molar-refractivity contribution in [2.45, 2.75) is 58.5 Å². The minimum atomic E-state index is 0.109. The number of nitrogens with two attached hydrogens (primary N) is 1. The van der Waals surface area contributed by atoms with Crippen LogP contribution in [0.15, 0.2) is 28.7 Å². The van der Waals surface area contributed by atoms with Crippen molar-refractivity contribution in [3.63, 3.8) is 0 Å². The molecule has 1 rings (SSSR count). The van der Waals surface area contributed by atoms with Crippen molar-refractivity contribution in [1.82, 2.24) is 4.90 Å². The van der Waals surface area contributed by atoms with Gasteiger partial charge in [0, 0.05) is 23.1 Å². The van der Waals surface area contributed by atoms with Crippen LogP contribution in [0.3, 0.4) is 0 Å². The van der Waals surface area contributed by atoms with Gasteiger partial charge in [-0.2, -0.15) is 0 Å². The molecule has 2 nitrogen and oxygen atoms in total. The summed E-state index contributed by atoms with van der Waals surface area (Å²) in [6.07, 6.45) is 4.90. The molecule has 0 fully saturated rings. The third-order valence-corrected chi connectivity index (χ3v) is 4.53. The van der Waals surface area contributed by atoms with E-state index < -0.39 is 0 Å². The highest BCUT2D eigenvalue weighted by atomic mass is 79.9. The molecule has 0 amide bonds. The zero-order valence-corrected chi connectivity index (χ0v) is 14.7. The molecular weight excluding hydrogens is 312 g/mol. The van der Waals surface area contributed by atoms with Crippen molar-refractivity contribution in [2.75, 3.05) is 13.1 Å². The number of benzene rings is 1. The van der Waals surface area contributed by atoms with Gasteiger partial charge in [0.2, 0.25) is 0 Å². The average Bonchev–Trinajstić information content (AvgIpc) is 2.42. The summed E-state index contributed by atoms with van der Waals surface area (Å²) in [5.41, 5.74) is 7.56. The van der Waals surface area contributed by atoms with E-state index in [1.165, 1.54) is 31.4 Å². The molecule has 1 aromatic rings. The molecule has 0 heterocycles. The second kappa shape index (κ2) is 9.54. The maximum Gasteiger partial charge on any atom is 0.0318 e. The van der Waals surface area contributed by atoms with Crippen LogP contribution < -0.4 is 5.73 Å². The first kappa shape index (κ1) is 17.7. The van der Waals surface area contributed by atoms with Gasteiger partial charge in [0.05, 0.1) is 0 Å². The molecule has 0 radical (unpaired) electrons. The molecule has 20 heavy (non-hydrogen) atoms. The molecule has 0 bridgehead atoms. The maximum absolute atomic E-state index is 6.34. The summed E-state index contributed by atoms with van der Waals surface area (Å²) in [5, 5.41) is 0. The first-order chi connectivity index (χ1) is 9.56. The minimum Gasteiger partial charge on any atom is -0.324 e. The molecule has 0 aromatic heterocycles. The Morgan fingerprint density at radius 2 is 1.85 bits per heavy atom. The second-order valence-corrected chi connectivity index (χ2v) is 6.61. The number of nitrogens with zero attached hydrogens (tertiary/aromatic N) is 1. The number of unbranched alkanes of at least 4 members (excludes halogenated alkanes) is 2. The van der Waals surface area contributed by atoms with Gasteiger partial charge in [0.15, 0.2) is 0 Å². The predicted molar refractivity (Wildman–Crippen MR) is 91.9 cm³/mol. The summed E-state index contributed by atoms with van der Waals surface area (Å²) in [7, 11) is 0. The molecule has 0 saturated carbocycles. The van der Waals surface area contributed by atoms with E-state index in [9.17, 15) is 0 Å². The zero-order chi connectivity index (χ0) is 15.0. The lowest BCUT2D eigenvalue weighted by Crippen LogP contribution is -2.34. The fraction of sp³-hybridized carbons (Fsp3) is 0.647. The summed E-state index contributed by atoms with van der Waals surface area (Å²) < 4.78 is 1.12. The first-order valence-electron chi connectivity index (χ1n) is 7.80. The molecular formula is C17H29BrN2. The molecule has 2 N–H and O–H groups in total.